The van der Waals surface area contributed by atoms with Gasteiger partial charge in [-0.15, -0.1) is 0 Å². The first-order valence-electron chi connectivity index (χ1n) is 6.58. The molecule has 2 heteroatoms. The Morgan fingerprint density at radius 1 is 1.33 bits per heavy atom. The Labute approximate surface area is 108 Å². The number of halogens is 1. The second-order valence-corrected chi connectivity index (χ2v) is 5.66. The van der Waals surface area contributed by atoms with Crippen LogP contribution in [0.1, 0.15) is 43.9 Å². The van der Waals surface area contributed by atoms with Crippen molar-refractivity contribution >= 4 is 0 Å². The van der Waals surface area contributed by atoms with Crippen LogP contribution in [-0.2, 0) is 0 Å². The molecular weight excluding hydrogens is 227 g/mol. The molecule has 0 amide bonds. The lowest BCUT2D eigenvalue weighted by atomic mass is 9.78. The van der Waals surface area contributed by atoms with Crippen molar-refractivity contribution in [2.24, 2.45) is 11.8 Å². The third-order valence-electron chi connectivity index (χ3n) is 3.74. The van der Waals surface area contributed by atoms with Crippen LogP contribution in [0.4, 0.5) is 4.39 Å². The van der Waals surface area contributed by atoms with Crippen LogP contribution in [0.5, 0.6) is 0 Å². The van der Waals surface area contributed by atoms with Gasteiger partial charge in [0.05, 0.1) is 6.10 Å². The smallest absolute Gasteiger partial charge is 0.129 e. The van der Waals surface area contributed by atoms with Crippen molar-refractivity contribution in [1.82, 2.24) is 0 Å². The molecule has 0 saturated carbocycles. The van der Waals surface area contributed by atoms with E-state index in [0.29, 0.717) is 11.5 Å². The second-order valence-electron chi connectivity index (χ2n) is 5.66. The number of hydrogen-bond donors (Lipinski definition) is 1. The summed E-state index contributed by atoms with van der Waals surface area (Å²) in [4.78, 5) is 0. The number of hydrogen-bond acceptors (Lipinski definition) is 1. The van der Waals surface area contributed by atoms with E-state index in [1.54, 1.807) is 12.1 Å². The minimum absolute atomic E-state index is 0.126. The number of aryl methyl sites for hydroxylation is 1. The van der Waals surface area contributed by atoms with Crippen molar-refractivity contribution in [3.8, 4) is 0 Å². The average Bonchev–Trinajstić information content (AvgIpc) is 2.30. The zero-order valence-electron chi connectivity index (χ0n) is 11.3. The fourth-order valence-corrected chi connectivity index (χ4v) is 2.98. The maximum absolute atomic E-state index is 13.8. The lowest BCUT2D eigenvalue weighted by Crippen LogP contribution is -2.20. The number of aliphatic hydroxyl groups excluding tert-OH is 1. The molecule has 1 aromatic carbocycles. The number of rotatable bonds is 2. The molecule has 0 radical (unpaired) electrons. The summed E-state index contributed by atoms with van der Waals surface area (Å²) >= 11 is 0. The normalized spacial score (nSPS) is 25.7. The largest absolute Gasteiger partial charge is 0.388 e. The van der Waals surface area contributed by atoms with Crippen molar-refractivity contribution in [1.29, 1.82) is 0 Å². The zero-order valence-corrected chi connectivity index (χ0v) is 11.3. The second kappa shape index (κ2) is 5.23. The minimum atomic E-state index is -0.698. The Bertz CT molecular complexity index is 464. The molecule has 1 aromatic rings. The Morgan fingerprint density at radius 3 is 2.72 bits per heavy atom. The lowest BCUT2D eigenvalue weighted by Gasteiger charge is -2.30. The van der Waals surface area contributed by atoms with Gasteiger partial charge in [0.15, 0.2) is 0 Å². The maximum Gasteiger partial charge on any atom is 0.129 e. The van der Waals surface area contributed by atoms with Gasteiger partial charge in [0.2, 0.25) is 0 Å². The van der Waals surface area contributed by atoms with Gasteiger partial charge in [-0.25, -0.2) is 4.39 Å². The summed E-state index contributed by atoms with van der Waals surface area (Å²) in [5.41, 5.74) is 2.73. The highest BCUT2D eigenvalue weighted by molar-refractivity contribution is 5.27. The first-order valence-corrected chi connectivity index (χ1v) is 6.58. The summed E-state index contributed by atoms with van der Waals surface area (Å²) in [6.07, 6.45) is 3.33. The van der Waals surface area contributed by atoms with Gasteiger partial charge in [-0.3, -0.25) is 0 Å². The maximum atomic E-state index is 13.8. The summed E-state index contributed by atoms with van der Waals surface area (Å²) < 4.78 is 13.8. The van der Waals surface area contributed by atoms with E-state index in [1.807, 2.05) is 6.92 Å². The fraction of sp³-hybridized carbons (Fsp3) is 0.500. The molecule has 2 rings (SSSR count). The van der Waals surface area contributed by atoms with Crippen molar-refractivity contribution in [3.05, 3.63) is 46.8 Å². The number of benzene rings is 1. The van der Waals surface area contributed by atoms with Gasteiger partial charge < -0.3 is 5.11 Å². The van der Waals surface area contributed by atoms with Gasteiger partial charge in [-0.1, -0.05) is 36.3 Å². The molecular formula is C16H21FO. The molecule has 18 heavy (non-hydrogen) atoms. The Hall–Kier alpha value is -1.15. The minimum Gasteiger partial charge on any atom is -0.388 e. The molecule has 0 heterocycles. The van der Waals surface area contributed by atoms with Crippen molar-refractivity contribution in [2.75, 3.05) is 0 Å². The molecule has 0 saturated heterocycles. The van der Waals surface area contributed by atoms with Crippen LogP contribution in [0.15, 0.2) is 29.8 Å². The first kappa shape index (κ1) is 13.3. The van der Waals surface area contributed by atoms with Crippen LogP contribution < -0.4 is 0 Å². The molecule has 0 spiro atoms. The molecule has 1 aliphatic rings. The Morgan fingerprint density at radius 2 is 2.06 bits per heavy atom. The van der Waals surface area contributed by atoms with Crippen LogP contribution in [-0.4, -0.2) is 5.11 Å². The van der Waals surface area contributed by atoms with Crippen LogP contribution in [0.25, 0.3) is 0 Å². The zero-order chi connectivity index (χ0) is 13.3. The molecule has 1 nitrogen and oxygen atoms in total. The van der Waals surface area contributed by atoms with E-state index in [0.717, 1.165) is 18.4 Å². The van der Waals surface area contributed by atoms with Gasteiger partial charge in [0.25, 0.3) is 0 Å². The monoisotopic (exact) mass is 248 g/mol. The van der Waals surface area contributed by atoms with Gasteiger partial charge >= 0.3 is 0 Å². The highest BCUT2D eigenvalue weighted by Crippen LogP contribution is 2.37. The average molecular weight is 248 g/mol. The van der Waals surface area contributed by atoms with Crippen molar-refractivity contribution in [3.63, 3.8) is 0 Å². The first-order chi connectivity index (χ1) is 8.47. The van der Waals surface area contributed by atoms with Crippen molar-refractivity contribution in [2.45, 2.75) is 39.7 Å². The molecule has 1 N–H and O–H groups in total. The van der Waals surface area contributed by atoms with Gasteiger partial charge in [0.1, 0.15) is 5.82 Å². The predicted molar refractivity (Wildman–Crippen MR) is 71.7 cm³/mol. The SMILES string of the molecule is CC1=CC(C)CC(C(O)c2cc(C)ccc2F)C1. The highest BCUT2D eigenvalue weighted by atomic mass is 19.1. The van der Waals surface area contributed by atoms with Gasteiger partial charge in [-0.05, 0) is 44.6 Å². The van der Waals surface area contributed by atoms with Crippen LogP contribution in [0.3, 0.4) is 0 Å². The van der Waals surface area contributed by atoms with Crippen LogP contribution in [0, 0.1) is 24.6 Å². The summed E-state index contributed by atoms with van der Waals surface area (Å²) in [5.74, 6) is 0.292. The third-order valence-corrected chi connectivity index (χ3v) is 3.74. The molecule has 1 aliphatic carbocycles. The van der Waals surface area contributed by atoms with E-state index in [2.05, 4.69) is 19.9 Å². The molecule has 3 unspecified atom stereocenters. The molecule has 0 aromatic heterocycles. The quantitative estimate of drug-likeness (QED) is 0.779. The number of allylic oxidation sites excluding steroid dienone is 2. The standard InChI is InChI=1S/C16H21FO/c1-10-4-5-15(17)14(9-10)16(18)13-7-11(2)6-12(3)8-13/h4-6,9,11,13,16,18H,7-8H2,1-3H3. The van der Waals surface area contributed by atoms with E-state index >= 15 is 0 Å². The van der Waals surface area contributed by atoms with Gasteiger partial charge in [-0.2, -0.15) is 0 Å². The van der Waals surface area contributed by atoms with E-state index in [9.17, 15) is 9.50 Å². The highest BCUT2D eigenvalue weighted by Gasteiger charge is 2.27. The summed E-state index contributed by atoms with van der Waals surface area (Å²) in [5, 5.41) is 10.4. The summed E-state index contributed by atoms with van der Waals surface area (Å²) in [6, 6.07) is 4.95. The Kier molecular flexibility index (Phi) is 3.86. The lowest BCUT2D eigenvalue weighted by molar-refractivity contribution is 0.0898. The van der Waals surface area contributed by atoms with Gasteiger partial charge in [0, 0.05) is 5.56 Å². The molecule has 0 bridgehead atoms. The fourth-order valence-electron chi connectivity index (χ4n) is 2.98. The van der Waals surface area contributed by atoms with Crippen LogP contribution in [0.2, 0.25) is 0 Å². The van der Waals surface area contributed by atoms with E-state index < -0.39 is 6.10 Å². The number of aliphatic hydroxyl groups is 1. The molecule has 0 fully saturated rings. The van der Waals surface area contributed by atoms with E-state index in [-0.39, 0.29) is 11.7 Å². The Balaban J connectivity index is 2.23. The third kappa shape index (κ3) is 2.81. The van der Waals surface area contributed by atoms with E-state index in [1.165, 1.54) is 11.6 Å². The topological polar surface area (TPSA) is 20.2 Å². The molecule has 3 atom stereocenters. The summed E-state index contributed by atoms with van der Waals surface area (Å²) in [7, 11) is 0. The van der Waals surface area contributed by atoms with E-state index in [4.69, 9.17) is 0 Å². The van der Waals surface area contributed by atoms with Crippen molar-refractivity contribution < 1.29 is 9.50 Å². The summed E-state index contributed by atoms with van der Waals surface area (Å²) in [6.45, 7) is 6.15. The van der Waals surface area contributed by atoms with Crippen LogP contribution >= 0.6 is 0 Å². The molecule has 0 aliphatic heterocycles. The predicted octanol–water partition coefficient (Wildman–Crippen LogP) is 4.16. The molecule has 98 valence electrons.